The second kappa shape index (κ2) is 6.70. The molecule has 0 atom stereocenters. The van der Waals surface area contributed by atoms with Crippen LogP contribution in [0, 0.1) is 0 Å². The predicted molar refractivity (Wildman–Crippen MR) is 83.4 cm³/mol. The fourth-order valence-corrected chi connectivity index (χ4v) is 2.12. The van der Waals surface area contributed by atoms with E-state index in [-0.39, 0.29) is 0 Å². The lowest BCUT2D eigenvalue weighted by Crippen LogP contribution is -2.14. The molecule has 0 aromatic carbocycles. The molecule has 110 valence electrons. The van der Waals surface area contributed by atoms with Gasteiger partial charge in [-0.1, -0.05) is 13.8 Å². The monoisotopic (exact) mass is 275 g/mol. The number of rotatable bonds is 7. The number of hydrogen-bond acceptors (Lipinski definition) is 4. The van der Waals surface area contributed by atoms with Crippen molar-refractivity contribution < 1.29 is 0 Å². The first-order chi connectivity index (χ1) is 9.58. The summed E-state index contributed by atoms with van der Waals surface area (Å²) < 4.78 is 1.91. The first-order valence-electron chi connectivity index (χ1n) is 7.31. The zero-order valence-corrected chi connectivity index (χ0v) is 12.9. The Labute approximate surface area is 121 Å². The normalized spacial score (nSPS) is 11.7. The van der Waals surface area contributed by atoms with E-state index in [9.17, 15) is 0 Å². The maximum absolute atomic E-state index is 4.57. The third-order valence-electron chi connectivity index (χ3n) is 3.32. The van der Waals surface area contributed by atoms with Crippen LogP contribution >= 0.6 is 0 Å². The minimum atomic E-state index is 0.433. The second-order valence-electron chi connectivity index (χ2n) is 5.77. The summed E-state index contributed by atoms with van der Waals surface area (Å²) in [5.41, 5.74) is 2.16. The summed E-state index contributed by atoms with van der Waals surface area (Å²) in [6.07, 6.45) is 6.04. The molecule has 0 bridgehead atoms. The van der Waals surface area contributed by atoms with Gasteiger partial charge in [-0.3, -0.25) is 0 Å². The lowest BCUT2D eigenvalue weighted by molar-refractivity contribution is 0.396. The van der Waals surface area contributed by atoms with Gasteiger partial charge >= 0.3 is 0 Å². The van der Waals surface area contributed by atoms with Gasteiger partial charge in [-0.15, -0.1) is 0 Å². The molecule has 0 fully saturated rings. The first kappa shape index (κ1) is 14.8. The molecule has 0 aliphatic rings. The summed E-state index contributed by atoms with van der Waals surface area (Å²) in [6.45, 7) is 6.39. The largest absolute Gasteiger partial charge is 0.368 e. The Morgan fingerprint density at radius 2 is 2.10 bits per heavy atom. The van der Waals surface area contributed by atoms with Crippen molar-refractivity contribution in [3.8, 4) is 0 Å². The van der Waals surface area contributed by atoms with E-state index >= 15 is 0 Å². The molecule has 0 radical (unpaired) electrons. The summed E-state index contributed by atoms with van der Waals surface area (Å²) in [7, 11) is 4.21. The molecule has 2 aromatic heterocycles. The number of anilines is 1. The van der Waals surface area contributed by atoms with Gasteiger partial charge in [0.1, 0.15) is 5.52 Å². The summed E-state index contributed by atoms with van der Waals surface area (Å²) in [4.78, 5) is 6.64. The van der Waals surface area contributed by atoms with Crippen LogP contribution in [0.15, 0.2) is 18.5 Å². The van der Waals surface area contributed by atoms with E-state index in [4.69, 9.17) is 0 Å². The Morgan fingerprint density at radius 1 is 1.30 bits per heavy atom. The first-order valence-corrected chi connectivity index (χ1v) is 7.31. The van der Waals surface area contributed by atoms with Gasteiger partial charge in [0, 0.05) is 18.9 Å². The van der Waals surface area contributed by atoms with Crippen molar-refractivity contribution in [2.45, 2.75) is 32.6 Å². The van der Waals surface area contributed by atoms with Crippen LogP contribution in [0.25, 0.3) is 5.52 Å². The molecule has 0 saturated heterocycles. The molecular weight excluding hydrogens is 250 g/mol. The number of fused-ring (bicyclic) bond motifs is 1. The Balaban J connectivity index is 1.99. The summed E-state index contributed by atoms with van der Waals surface area (Å²) >= 11 is 0. The van der Waals surface area contributed by atoms with Crippen molar-refractivity contribution in [3.05, 3.63) is 24.2 Å². The minimum absolute atomic E-state index is 0.433. The second-order valence-corrected chi connectivity index (χ2v) is 5.77. The summed E-state index contributed by atoms with van der Waals surface area (Å²) in [5.74, 6) is 1.36. The van der Waals surface area contributed by atoms with Gasteiger partial charge < -0.3 is 10.2 Å². The fourth-order valence-electron chi connectivity index (χ4n) is 2.12. The highest BCUT2D eigenvalue weighted by Gasteiger charge is 2.09. The Kier molecular flexibility index (Phi) is 4.95. The number of nitrogens with zero attached hydrogens (tertiary/aromatic N) is 4. The zero-order valence-electron chi connectivity index (χ0n) is 12.9. The van der Waals surface area contributed by atoms with Crippen LogP contribution < -0.4 is 5.32 Å². The topological polar surface area (TPSA) is 45.5 Å². The lowest BCUT2D eigenvalue weighted by atomic mass is 10.1. The van der Waals surface area contributed by atoms with E-state index in [0.29, 0.717) is 5.92 Å². The highest BCUT2D eigenvalue weighted by atomic mass is 15.2. The van der Waals surface area contributed by atoms with E-state index in [0.717, 1.165) is 36.5 Å². The van der Waals surface area contributed by atoms with E-state index in [2.05, 4.69) is 54.3 Å². The molecule has 5 heteroatoms. The maximum Gasteiger partial charge on any atom is 0.152 e. The standard InChI is InChI=1S/C15H25N5/c1-12(2)13-11-14-15(17-8-10-20(14)18-13)16-7-5-6-9-19(3)4/h8,10-12H,5-7,9H2,1-4H3,(H,16,17). The van der Waals surface area contributed by atoms with Gasteiger partial charge in [0.15, 0.2) is 5.82 Å². The Hall–Kier alpha value is -1.62. The van der Waals surface area contributed by atoms with Crippen LogP contribution in [0.4, 0.5) is 5.82 Å². The average molecular weight is 275 g/mol. The van der Waals surface area contributed by atoms with E-state index in [1.54, 1.807) is 6.20 Å². The molecule has 0 amide bonds. The predicted octanol–water partition coefficient (Wildman–Crippen LogP) is 2.61. The molecule has 5 nitrogen and oxygen atoms in total. The van der Waals surface area contributed by atoms with Crippen molar-refractivity contribution >= 4 is 11.3 Å². The van der Waals surface area contributed by atoms with Crippen molar-refractivity contribution in [2.24, 2.45) is 0 Å². The molecule has 0 aliphatic heterocycles. The van der Waals surface area contributed by atoms with E-state index in [1.165, 1.54) is 6.42 Å². The Bertz CT molecular complexity index is 544. The number of nitrogens with one attached hydrogen (secondary N) is 1. The lowest BCUT2D eigenvalue weighted by Gasteiger charge is -2.10. The van der Waals surface area contributed by atoms with Gasteiger partial charge in [-0.05, 0) is 45.5 Å². The fraction of sp³-hybridized carbons (Fsp3) is 0.600. The van der Waals surface area contributed by atoms with Gasteiger partial charge in [-0.25, -0.2) is 9.50 Å². The van der Waals surface area contributed by atoms with Crippen LogP contribution in [-0.4, -0.2) is 46.7 Å². The third-order valence-corrected chi connectivity index (χ3v) is 3.32. The number of hydrogen-bond donors (Lipinski definition) is 1. The van der Waals surface area contributed by atoms with Crippen LogP contribution in [-0.2, 0) is 0 Å². The summed E-state index contributed by atoms with van der Waals surface area (Å²) in [5, 5.41) is 7.99. The van der Waals surface area contributed by atoms with Crippen LogP contribution in [0.3, 0.4) is 0 Å². The van der Waals surface area contributed by atoms with Gasteiger partial charge in [0.2, 0.25) is 0 Å². The SMILES string of the molecule is CC(C)c1cc2c(NCCCCN(C)C)nccn2n1. The van der Waals surface area contributed by atoms with Crippen LogP contribution in [0.5, 0.6) is 0 Å². The van der Waals surface area contributed by atoms with Crippen molar-refractivity contribution in [3.63, 3.8) is 0 Å². The van der Waals surface area contributed by atoms with Gasteiger partial charge in [0.25, 0.3) is 0 Å². The number of aromatic nitrogens is 3. The van der Waals surface area contributed by atoms with Crippen LogP contribution in [0.1, 0.15) is 38.3 Å². The van der Waals surface area contributed by atoms with Gasteiger partial charge in [0.05, 0.1) is 5.69 Å². The molecule has 0 aliphatic carbocycles. The zero-order chi connectivity index (χ0) is 14.5. The molecule has 1 N–H and O–H groups in total. The van der Waals surface area contributed by atoms with E-state index in [1.807, 2.05) is 10.7 Å². The smallest absolute Gasteiger partial charge is 0.152 e. The molecule has 2 rings (SSSR count). The number of unbranched alkanes of at least 4 members (excludes halogenated alkanes) is 1. The highest BCUT2D eigenvalue weighted by molar-refractivity contribution is 5.67. The van der Waals surface area contributed by atoms with Crippen LogP contribution in [0.2, 0.25) is 0 Å². The van der Waals surface area contributed by atoms with E-state index < -0.39 is 0 Å². The van der Waals surface area contributed by atoms with Gasteiger partial charge in [-0.2, -0.15) is 5.10 Å². The molecule has 0 spiro atoms. The van der Waals surface area contributed by atoms with Crippen molar-refractivity contribution in [1.29, 1.82) is 0 Å². The maximum atomic E-state index is 4.57. The highest BCUT2D eigenvalue weighted by Crippen LogP contribution is 2.19. The molecular formula is C15H25N5. The summed E-state index contributed by atoms with van der Waals surface area (Å²) in [6, 6.07) is 2.12. The Morgan fingerprint density at radius 3 is 2.80 bits per heavy atom. The minimum Gasteiger partial charge on any atom is -0.368 e. The molecule has 2 aromatic rings. The molecule has 20 heavy (non-hydrogen) atoms. The molecule has 2 heterocycles. The third kappa shape index (κ3) is 3.70. The van der Waals surface area contributed by atoms with Crippen molar-refractivity contribution in [2.75, 3.05) is 32.5 Å². The average Bonchev–Trinajstić information content (AvgIpc) is 2.83. The quantitative estimate of drug-likeness (QED) is 0.789. The molecule has 0 saturated carbocycles. The van der Waals surface area contributed by atoms with Crippen molar-refractivity contribution in [1.82, 2.24) is 19.5 Å². The molecule has 0 unspecified atom stereocenters.